The molecule has 0 radical (unpaired) electrons. The first kappa shape index (κ1) is 16.3. The third-order valence-corrected chi connectivity index (χ3v) is 2.59. The van der Waals surface area contributed by atoms with Crippen molar-refractivity contribution in [2.45, 2.75) is 32.0 Å². The number of hydrogen-bond donors (Lipinski definition) is 3. The Morgan fingerprint density at radius 1 is 1.30 bits per heavy atom. The Bertz CT molecular complexity index is 432. The molecule has 1 aromatic carbocycles. The molecule has 1 unspecified atom stereocenters. The summed E-state index contributed by atoms with van der Waals surface area (Å²) in [6.45, 7) is 2.01. The van der Waals surface area contributed by atoms with Crippen LogP contribution in [0.1, 0.15) is 25.3 Å². The van der Waals surface area contributed by atoms with Gasteiger partial charge in [0.1, 0.15) is 0 Å². The zero-order chi connectivity index (χ0) is 15.2. The first-order chi connectivity index (χ1) is 9.32. The molecule has 0 aliphatic carbocycles. The van der Waals surface area contributed by atoms with Crippen LogP contribution in [0.3, 0.4) is 0 Å². The number of anilines is 1. The Morgan fingerprint density at radius 3 is 2.40 bits per heavy atom. The van der Waals surface area contributed by atoms with E-state index in [0.717, 1.165) is 18.6 Å². The summed E-state index contributed by atoms with van der Waals surface area (Å²) < 4.78 is 37.0. The number of nitrogens with one attached hydrogen (secondary N) is 2. The van der Waals surface area contributed by atoms with E-state index in [-0.39, 0.29) is 12.2 Å². The van der Waals surface area contributed by atoms with Crippen molar-refractivity contribution >= 4 is 11.7 Å². The molecule has 7 heteroatoms. The SMILES string of the molecule is CCCC(O)CNC(=O)Nc1ccc(C(F)(F)F)cc1. The van der Waals surface area contributed by atoms with Gasteiger partial charge in [-0.3, -0.25) is 0 Å². The van der Waals surface area contributed by atoms with E-state index in [1.807, 2.05) is 6.92 Å². The predicted molar refractivity (Wildman–Crippen MR) is 69.4 cm³/mol. The van der Waals surface area contributed by atoms with Crippen molar-refractivity contribution in [1.29, 1.82) is 0 Å². The first-order valence-corrected chi connectivity index (χ1v) is 6.23. The van der Waals surface area contributed by atoms with Gasteiger partial charge in [0.05, 0.1) is 11.7 Å². The number of rotatable bonds is 5. The molecule has 0 aromatic heterocycles. The van der Waals surface area contributed by atoms with E-state index < -0.39 is 23.9 Å². The van der Waals surface area contributed by atoms with Crippen LogP contribution in [0, 0.1) is 0 Å². The topological polar surface area (TPSA) is 61.4 Å². The monoisotopic (exact) mass is 290 g/mol. The summed E-state index contributed by atoms with van der Waals surface area (Å²) in [5.41, 5.74) is -0.526. The molecule has 2 amide bonds. The number of amides is 2. The van der Waals surface area contributed by atoms with Gasteiger partial charge in [0.15, 0.2) is 0 Å². The Kier molecular flexibility index (Phi) is 5.82. The van der Waals surface area contributed by atoms with Gasteiger partial charge >= 0.3 is 12.2 Å². The molecule has 20 heavy (non-hydrogen) atoms. The Labute approximate surface area is 115 Å². The summed E-state index contributed by atoms with van der Waals surface area (Å²) in [6.07, 6.45) is -3.66. The molecule has 0 aliphatic heterocycles. The fourth-order valence-electron chi connectivity index (χ4n) is 1.56. The van der Waals surface area contributed by atoms with Crippen LogP contribution in [0.25, 0.3) is 0 Å². The molecule has 0 aliphatic rings. The lowest BCUT2D eigenvalue weighted by Gasteiger charge is -2.12. The predicted octanol–water partition coefficient (Wildman–Crippen LogP) is 2.99. The fraction of sp³-hybridized carbons (Fsp3) is 0.462. The van der Waals surface area contributed by atoms with E-state index in [1.165, 1.54) is 12.1 Å². The smallest absolute Gasteiger partial charge is 0.391 e. The highest BCUT2D eigenvalue weighted by molar-refractivity contribution is 5.89. The van der Waals surface area contributed by atoms with E-state index in [0.29, 0.717) is 6.42 Å². The normalized spacial score (nSPS) is 12.8. The maximum Gasteiger partial charge on any atom is 0.416 e. The molecule has 0 bridgehead atoms. The van der Waals surface area contributed by atoms with Gasteiger partial charge in [-0.2, -0.15) is 13.2 Å². The molecule has 1 atom stereocenters. The van der Waals surface area contributed by atoms with Crippen molar-refractivity contribution in [3.63, 3.8) is 0 Å². The highest BCUT2D eigenvalue weighted by atomic mass is 19.4. The average Bonchev–Trinajstić information content (AvgIpc) is 2.36. The summed E-state index contributed by atoms with van der Waals surface area (Å²) in [4.78, 5) is 11.4. The maximum absolute atomic E-state index is 12.3. The van der Waals surface area contributed by atoms with E-state index in [4.69, 9.17) is 0 Å². The molecule has 4 nitrogen and oxygen atoms in total. The van der Waals surface area contributed by atoms with Gasteiger partial charge in [-0.05, 0) is 30.7 Å². The first-order valence-electron chi connectivity index (χ1n) is 6.23. The minimum atomic E-state index is -4.40. The van der Waals surface area contributed by atoms with Crippen molar-refractivity contribution in [3.8, 4) is 0 Å². The van der Waals surface area contributed by atoms with Crippen molar-refractivity contribution in [1.82, 2.24) is 5.32 Å². The van der Waals surface area contributed by atoms with Crippen LogP contribution in [-0.4, -0.2) is 23.8 Å². The van der Waals surface area contributed by atoms with Crippen molar-refractivity contribution < 1.29 is 23.1 Å². The molecular weight excluding hydrogens is 273 g/mol. The van der Waals surface area contributed by atoms with Crippen LogP contribution in [0.15, 0.2) is 24.3 Å². The number of aliphatic hydroxyl groups is 1. The molecule has 112 valence electrons. The van der Waals surface area contributed by atoms with E-state index in [9.17, 15) is 23.1 Å². The summed E-state index contributed by atoms with van der Waals surface area (Å²) in [7, 11) is 0. The number of urea groups is 1. The number of hydrogen-bond acceptors (Lipinski definition) is 2. The third-order valence-electron chi connectivity index (χ3n) is 2.59. The van der Waals surface area contributed by atoms with Crippen molar-refractivity contribution in [2.75, 3.05) is 11.9 Å². The van der Waals surface area contributed by atoms with Crippen LogP contribution >= 0.6 is 0 Å². The third kappa shape index (κ3) is 5.48. The van der Waals surface area contributed by atoms with Gasteiger partial charge < -0.3 is 15.7 Å². The quantitative estimate of drug-likeness (QED) is 0.780. The molecule has 3 N–H and O–H groups in total. The Balaban J connectivity index is 2.46. The molecule has 1 rings (SSSR count). The van der Waals surface area contributed by atoms with Crippen molar-refractivity contribution in [2.24, 2.45) is 0 Å². The van der Waals surface area contributed by atoms with E-state index >= 15 is 0 Å². The number of alkyl halides is 3. The van der Waals surface area contributed by atoms with Gasteiger partial charge in [-0.1, -0.05) is 13.3 Å². The van der Waals surface area contributed by atoms with Crippen LogP contribution in [0.2, 0.25) is 0 Å². The van der Waals surface area contributed by atoms with Gasteiger partial charge in [-0.25, -0.2) is 4.79 Å². The molecule has 0 saturated heterocycles. The lowest BCUT2D eigenvalue weighted by atomic mass is 10.2. The largest absolute Gasteiger partial charge is 0.416 e. The van der Waals surface area contributed by atoms with Crippen LogP contribution in [0.4, 0.5) is 23.7 Å². The zero-order valence-electron chi connectivity index (χ0n) is 11.0. The minimum Gasteiger partial charge on any atom is -0.391 e. The molecule has 1 aromatic rings. The maximum atomic E-state index is 12.3. The number of carbonyl (C=O) groups is 1. The average molecular weight is 290 g/mol. The van der Waals surface area contributed by atoms with Crippen LogP contribution in [-0.2, 0) is 6.18 Å². The number of halogens is 3. The molecule has 0 heterocycles. The molecule has 0 spiro atoms. The van der Waals surface area contributed by atoms with E-state index in [1.54, 1.807) is 0 Å². The Morgan fingerprint density at radius 2 is 1.90 bits per heavy atom. The Hall–Kier alpha value is -1.76. The highest BCUT2D eigenvalue weighted by Crippen LogP contribution is 2.29. The van der Waals surface area contributed by atoms with Gasteiger partial charge in [0.2, 0.25) is 0 Å². The number of aliphatic hydroxyl groups excluding tert-OH is 1. The highest BCUT2D eigenvalue weighted by Gasteiger charge is 2.29. The number of carbonyl (C=O) groups excluding carboxylic acids is 1. The fourth-order valence-corrected chi connectivity index (χ4v) is 1.56. The minimum absolute atomic E-state index is 0.0975. The van der Waals surface area contributed by atoms with Crippen LogP contribution in [0.5, 0.6) is 0 Å². The number of benzene rings is 1. The van der Waals surface area contributed by atoms with E-state index in [2.05, 4.69) is 10.6 Å². The van der Waals surface area contributed by atoms with Crippen LogP contribution < -0.4 is 10.6 Å². The summed E-state index contributed by atoms with van der Waals surface area (Å²) >= 11 is 0. The molecule has 0 fully saturated rings. The van der Waals surface area contributed by atoms with Gasteiger partial charge in [-0.15, -0.1) is 0 Å². The molecular formula is C13H17F3N2O2. The second kappa shape index (κ2) is 7.14. The lowest BCUT2D eigenvalue weighted by Crippen LogP contribution is -2.35. The zero-order valence-corrected chi connectivity index (χ0v) is 11.0. The molecule has 0 saturated carbocycles. The summed E-state index contributed by atoms with van der Waals surface area (Å²) in [5, 5.41) is 14.3. The standard InChI is InChI=1S/C13H17F3N2O2/c1-2-3-11(19)8-17-12(20)18-10-6-4-9(5-7-10)13(14,15)16/h4-7,11,19H,2-3,8H2,1H3,(H2,17,18,20). The second-order valence-electron chi connectivity index (χ2n) is 4.35. The lowest BCUT2D eigenvalue weighted by molar-refractivity contribution is -0.137. The van der Waals surface area contributed by atoms with Gasteiger partial charge in [0.25, 0.3) is 0 Å². The summed E-state index contributed by atoms with van der Waals surface area (Å²) in [5.74, 6) is 0. The second-order valence-corrected chi connectivity index (χ2v) is 4.35. The van der Waals surface area contributed by atoms with Gasteiger partial charge in [0, 0.05) is 12.2 Å². The summed E-state index contributed by atoms with van der Waals surface area (Å²) in [6, 6.07) is 3.55. The van der Waals surface area contributed by atoms with Crippen molar-refractivity contribution in [3.05, 3.63) is 29.8 Å².